The van der Waals surface area contributed by atoms with Crippen molar-refractivity contribution in [2.24, 2.45) is 0 Å². The van der Waals surface area contributed by atoms with Crippen LogP contribution in [0, 0.1) is 0 Å². The van der Waals surface area contributed by atoms with E-state index in [9.17, 15) is 4.79 Å². The van der Waals surface area contributed by atoms with E-state index in [1.165, 1.54) is 7.11 Å². The molecule has 0 saturated carbocycles. The van der Waals surface area contributed by atoms with Gasteiger partial charge in [0.25, 0.3) is 5.95 Å². The van der Waals surface area contributed by atoms with Crippen molar-refractivity contribution in [3.8, 4) is 5.95 Å². The second kappa shape index (κ2) is 2.94. The first-order valence-electron chi connectivity index (χ1n) is 3.87. The highest BCUT2D eigenvalue weighted by molar-refractivity contribution is 5.95. The van der Waals surface area contributed by atoms with Crippen LogP contribution < -0.4 is 4.74 Å². The van der Waals surface area contributed by atoms with Crippen LogP contribution in [0.25, 0.3) is 11.0 Å². The fraction of sp³-hybridized carbons (Fsp3) is 0.100. The molecule has 1 heterocycles. The molecule has 0 saturated heterocycles. The first-order valence-corrected chi connectivity index (χ1v) is 3.87. The van der Waals surface area contributed by atoms with Gasteiger partial charge < -0.3 is 9.15 Å². The monoisotopic (exact) mass is 176 g/mol. The molecule has 0 aliphatic carbocycles. The Morgan fingerprint density at radius 2 is 2.31 bits per heavy atom. The lowest BCUT2D eigenvalue weighted by atomic mass is 10.2. The van der Waals surface area contributed by atoms with Gasteiger partial charge in [0.1, 0.15) is 5.58 Å². The fourth-order valence-electron chi connectivity index (χ4n) is 1.26. The van der Waals surface area contributed by atoms with Crippen LogP contribution in [0.3, 0.4) is 0 Å². The van der Waals surface area contributed by atoms with Crippen molar-refractivity contribution in [2.45, 2.75) is 0 Å². The maximum atomic E-state index is 10.6. The molecule has 3 nitrogen and oxygen atoms in total. The zero-order chi connectivity index (χ0) is 9.26. The van der Waals surface area contributed by atoms with Crippen LogP contribution in [0.5, 0.6) is 5.95 Å². The van der Waals surface area contributed by atoms with Gasteiger partial charge in [0.15, 0.2) is 6.29 Å². The number of ether oxygens (including phenoxy) is 1. The minimum atomic E-state index is 0.421. The lowest BCUT2D eigenvalue weighted by Crippen LogP contribution is -1.78. The molecule has 0 aliphatic rings. The second-order valence-corrected chi connectivity index (χ2v) is 2.65. The highest BCUT2D eigenvalue weighted by atomic mass is 16.6. The highest BCUT2D eigenvalue weighted by Gasteiger charge is 2.06. The molecule has 2 rings (SSSR count). The van der Waals surface area contributed by atoms with E-state index in [1.54, 1.807) is 18.2 Å². The van der Waals surface area contributed by atoms with Crippen molar-refractivity contribution < 1.29 is 13.9 Å². The lowest BCUT2D eigenvalue weighted by molar-refractivity contribution is 0.112. The Labute approximate surface area is 74.9 Å². The van der Waals surface area contributed by atoms with E-state index in [0.717, 1.165) is 11.7 Å². The fourth-order valence-corrected chi connectivity index (χ4v) is 1.26. The third-order valence-electron chi connectivity index (χ3n) is 1.88. The van der Waals surface area contributed by atoms with Crippen molar-refractivity contribution >= 4 is 17.3 Å². The first-order chi connectivity index (χ1) is 6.35. The molecule has 0 fully saturated rings. The molecular formula is C10H8O3. The summed E-state index contributed by atoms with van der Waals surface area (Å²) in [6, 6.07) is 7.13. The third kappa shape index (κ3) is 1.18. The summed E-state index contributed by atoms with van der Waals surface area (Å²) < 4.78 is 10.2. The summed E-state index contributed by atoms with van der Waals surface area (Å²) in [7, 11) is 1.53. The Morgan fingerprint density at radius 1 is 1.46 bits per heavy atom. The molecule has 0 N–H and O–H groups in total. The Hall–Kier alpha value is -1.77. The van der Waals surface area contributed by atoms with Crippen LogP contribution in [0.15, 0.2) is 28.7 Å². The van der Waals surface area contributed by atoms with E-state index in [2.05, 4.69) is 0 Å². The van der Waals surface area contributed by atoms with Gasteiger partial charge in [-0.1, -0.05) is 12.1 Å². The van der Waals surface area contributed by atoms with Crippen LogP contribution in [-0.2, 0) is 0 Å². The van der Waals surface area contributed by atoms with E-state index in [0.29, 0.717) is 17.1 Å². The van der Waals surface area contributed by atoms with E-state index < -0.39 is 0 Å². The van der Waals surface area contributed by atoms with Gasteiger partial charge in [-0.2, -0.15) is 0 Å². The SMILES string of the molecule is COc1cc2cccc(C=O)c2o1. The predicted molar refractivity (Wildman–Crippen MR) is 48.2 cm³/mol. The van der Waals surface area contributed by atoms with Gasteiger partial charge >= 0.3 is 0 Å². The average molecular weight is 176 g/mol. The number of carbonyl (C=O) groups is 1. The molecule has 66 valence electrons. The molecule has 0 aliphatic heterocycles. The largest absolute Gasteiger partial charge is 0.468 e. The van der Waals surface area contributed by atoms with Crippen molar-refractivity contribution in [2.75, 3.05) is 7.11 Å². The average Bonchev–Trinajstić information content (AvgIpc) is 2.59. The Bertz CT molecular complexity index is 442. The first kappa shape index (κ1) is 7.86. The lowest BCUT2D eigenvalue weighted by Gasteiger charge is -1.91. The van der Waals surface area contributed by atoms with E-state index in [4.69, 9.17) is 9.15 Å². The molecule has 0 unspecified atom stereocenters. The van der Waals surface area contributed by atoms with Crippen LogP contribution in [0.4, 0.5) is 0 Å². The summed E-state index contributed by atoms with van der Waals surface area (Å²) >= 11 is 0. The topological polar surface area (TPSA) is 39.4 Å². The Kier molecular flexibility index (Phi) is 1.77. The third-order valence-corrected chi connectivity index (χ3v) is 1.88. The normalized spacial score (nSPS) is 10.2. The van der Waals surface area contributed by atoms with E-state index in [1.807, 2.05) is 6.07 Å². The minimum absolute atomic E-state index is 0.421. The second-order valence-electron chi connectivity index (χ2n) is 2.65. The standard InChI is InChI=1S/C10H8O3/c1-12-9-5-7-3-2-4-8(6-11)10(7)13-9/h2-6H,1H3. The zero-order valence-electron chi connectivity index (χ0n) is 7.11. The summed E-state index contributed by atoms with van der Waals surface area (Å²) in [6.45, 7) is 0. The number of carbonyl (C=O) groups excluding carboxylic acids is 1. The molecular weight excluding hydrogens is 168 g/mol. The van der Waals surface area contributed by atoms with Crippen molar-refractivity contribution in [1.29, 1.82) is 0 Å². The van der Waals surface area contributed by atoms with E-state index >= 15 is 0 Å². The van der Waals surface area contributed by atoms with Crippen LogP contribution in [0.2, 0.25) is 0 Å². The number of hydrogen-bond donors (Lipinski definition) is 0. The summed E-state index contributed by atoms with van der Waals surface area (Å²) in [5.41, 5.74) is 1.12. The van der Waals surface area contributed by atoms with Crippen LogP contribution >= 0.6 is 0 Å². The number of rotatable bonds is 2. The van der Waals surface area contributed by atoms with Gasteiger partial charge in [-0.15, -0.1) is 0 Å². The number of fused-ring (bicyclic) bond motifs is 1. The number of hydrogen-bond acceptors (Lipinski definition) is 3. The molecule has 0 atom stereocenters. The maximum Gasteiger partial charge on any atom is 0.285 e. The molecule has 0 radical (unpaired) electrons. The van der Waals surface area contributed by atoms with Gasteiger partial charge in [-0.3, -0.25) is 4.79 Å². The van der Waals surface area contributed by atoms with Crippen molar-refractivity contribution in [3.63, 3.8) is 0 Å². The quantitative estimate of drug-likeness (QED) is 0.659. The number of methoxy groups -OCH3 is 1. The zero-order valence-corrected chi connectivity index (χ0v) is 7.11. The van der Waals surface area contributed by atoms with Gasteiger partial charge in [-0.05, 0) is 6.07 Å². The summed E-state index contributed by atoms with van der Waals surface area (Å²) in [6.07, 6.45) is 0.769. The highest BCUT2D eigenvalue weighted by Crippen LogP contribution is 2.26. The molecule has 13 heavy (non-hydrogen) atoms. The van der Waals surface area contributed by atoms with Gasteiger partial charge in [0.05, 0.1) is 12.7 Å². The Morgan fingerprint density at radius 3 is 3.00 bits per heavy atom. The van der Waals surface area contributed by atoms with Crippen LogP contribution in [-0.4, -0.2) is 13.4 Å². The van der Waals surface area contributed by atoms with Crippen molar-refractivity contribution in [3.05, 3.63) is 29.8 Å². The van der Waals surface area contributed by atoms with Crippen LogP contribution in [0.1, 0.15) is 10.4 Å². The summed E-state index contributed by atoms with van der Waals surface area (Å²) in [5, 5.41) is 0.876. The number of aldehydes is 1. The smallest absolute Gasteiger partial charge is 0.285 e. The molecule has 2 aromatic rings. The molecule has 0 bridgehead atoms. The number of para-hydroxylation sites is 1. The molecule has 0 amide bonds. The van der Waals surface area contributed by atoms with E-state index in [-0.39, 0.29) is 0 Å². The molecule has 3 heteroatoms. The van der Waals surface area contributed by atoms with Gasteiger partial charge in [0.2, 0.25) is 0 Å². The molecule has 0 spiro atoms. The molecule has 1 aromatic heterocycles. The Balaban J connectivity index is 2.74. The maximum absolute atomic E-state index is 10.6. The minimum Gasteiger partial charge on any atom is -0.468 e. The molecule has 1 aromatic carbocycles. The van der Waals surface area contributed by atoms with Gasteiger partial charge in [-0.25, -0.2) is 0 Å². The number of furan rings is 1. The summed E-state index contributed by atoms with van der Waals surface area (Å²) in [4.78, 5) is 10.6. The van der Waals surface area contributed by atoms with Gasteiger partial charge in [0, 0.05) is 11.5 Å². The predicted octanol–water partition coefficient (Wildman–Crippen LogP) is 2.25. The number of benzene rings is 1. The van der Waals surface area contributed by atoms with Crippen molar-refractivity contribution in [1.82, 2.24) is 0 Å². The summed E-state index contributed by atoms with van der Waals surface area (Å²) in [5.74, 6) is 0.421.